The smallest absolute Gasteiger partial charge is 0.310 e. The largest absolute Gasteiger partial charge is 0.481 e. The van der Waals surface area contributed by atoms with Gasteiger partial charge in [0.25, 0.3) is 0 Å². The zero-order valence-corrected chi connectivity index (χ0v) is 10.2. The van der Waals surface area contributed by atoms with Gasteiger partial charge in [-0.05, 0) is 19.8 Å². The van der Waals surface area contributed by atoms with Crippen molar-refractivity contribution >= 4 is 5.97 Å². The van der Waals surface area contributed by atoms with E-state index < -0.39 is 11.4 Å². The highest BCUT2D eigenvalue weighted by molar-refractivity contribution is 5.75. The predicted molar refractivity (Wildman–Crippen MR) is 62.6 cm³/mol. The van der Waals surface area contributed by atoms with Crippen LogP contribution in [0.2, 0.25) is 0 Å². The van der Waals surface area contributed by atoms with Crippen LogP contribution in [0.15, 0.2) is 0 Å². The summed E-state index contributed by atoms with van der Waals surface area (Å²) in [5.41, 5.74) is -0.648. The summed E-state index contributed by atoms with van der Waals surface area (Å²) < 4.78 is 0. The normalized spacial score (nSPS) is 19.8. The first-order chi connectivity index (χ1) is 8.12. The summed E-state index contributed by atoms with van der Waals surface area (Å²) in [6.45, 7) is 1.83. The molecule has 2 rings (SSSR count). The molecule has 1 heterocycles. The molecule has 1 aromatic heterocycles. The lowest BCUT2D eigenvalue weighted by Crippen LogP contribution is -2.33. The second-order valence-corrected chi connectivity index (χ2v) is 5.01. The summed E-state index contributed by atoms with van der Waals surface area (Å²) in [4.78, 5) is 15.8. The molecule has 0 saturated heterocycles. The first-order valence-electron chi connectivity index (χ1n) is 6.24. The number of aryl methyl sites for hydroxylation is 1. The van der Waals surface area contributed by atoms with Gasteiger partial charge in [-0.3, -0.25) is 9.89 Å². The Balaban J connectivity index is 2.18. The Morgan fingerprint density at radius 2 is 2.00 bits per heavy atom. The van der Waals surface area contributed by atoms with Crippen LogP contribution < -0.4 is 0 Å². The SMILES string of the molecule is Cc1nc(CC2(C(=O)O)CCCCCC2)n[nH]1. The van der Waals surface area contributed by atoms with Crippen LogP contribution in [0.25, 0.3) is 0 Å². The van der Waals surface area contributed by atoms with Crippen molar-refractivity contribution in [1.29, 1.82) is 0 Å². The lowest BCUT2D eigenvalue weighted by molar-refractivity contribution is -0.150. The number of aromatic amines is 1. The average Bonchev–Trinajstić information content (AvgIpc) is 2.54. The summed E-state index contributed by atoms with van der Waals surface area (Å²) >= 11 is 0. The molecule has 0 bridgehead atoms. The molecule has 0 radical (unpaired) electrons. The molecule has 0 aromatic carbocycles. The van der Waals surface area contributed by atoms with Crippen molar-refractivity contribution in [2.24, 2.45) is 5.41 Å². The Morgan fingerprint density at radius 3 is 2.47 bits per heavy atom. The van der Waals surface area contributed by atoms with E-state index in [1.165, 1.54) is 0 Å². The lowest BCUT2D eigenvalue weighted by atomic mass is 9.77. The minimum atomic E-state index is -0.693. The third kappa shape index (κ3) is 2.65. The number of hydrogen-bond donors (Lipinski definition) is 2. The van der Waals surface area contributed by atoms with Crippen LogP contribution in [0.4, 0.5) is 0 Å². The van der Waals surface area contributed by atoms with Gasteiger partial charge in [0.2, 0.25) is 0 Å². The highest BCUT2D eigenvalue weighted by Crippen LogP contribution is 2.37. The predicted octanol–water partition coefficient (Wildman–Crippen LogP) is 2.08. The van der Waals surface area contributed by atoms with E-state index in [-0.39, 0.29) is 0 Å². The van der Waals surface area contributed by atoms with Gasteiger partial charge in [0.05, 0.1) is 5.41 Å². The number of aliphatic carboxylic acids is 1. The molecule has 5 nitrogen and oxygen atoms in total. The van der Waals surface area contributed by atoms with Crippen LogP contribution in [0, 0.1) is 12.3 Å². The van der Waals surface area contributed by atoms with Crippen LogP contribution in [0.3, 0.4) is 0 Å². The molecule has 1 fully saturated rings. The number of carboxylic acid groups (broad SMARTS) is 1. The molecule has 1 aliphatic rings. The third-order valence-corrected chi connectivity index (χ3v) is 3.65. The number of H-pyrrole nitrogens is 1. The minimum Gasteiger partial charge on any atom is -0.481 e. The molecular weight excluding hydrogens is 218 g/mol. The molecule has 0 unspecified atom stereocenters. The fraction of sp³-hybridized carbons (Fsp3) is 0.750. The van der Waals surface area contributed by atoms with Crippen molar-refractivity contribution in [1.82, 2.24) is 15.2 Å². The van der Waals surface area contributed by atoms with Crippen molar-refractivity contribution in [3.05, 3.63) is 11.6 Å². The lowest BCUT2D eigenvalue weighted by Gasteiger charge is -2.26. The van der Waals surface area contributed by atoms with E-state index in [1.807, 2.05) is 6.92 Å². The van der Waals surface area contributed by atoms with Gasteiger partial charge in [-0.1, -0.05) is 25.7 Å². The molecule has 0 atom stereocenters. The zero-order valence-electron chi connectivity index (χ0n) is 10.2. The molecule has 17 heavy (non-hydrogen) atoms. The summed E-state index contributed by atoms with van der Waals surface area (Å²) in [5.74, 6) is 0.683. The second-order valence-electron chi connectivity index (χ2n) is 5.01. The van der Waals surface area contributed by atoms with E-state index in [0.717, 1.165) is 44.3 Å². The topological polar surface area (TPSA) is 78.9 Å². The Labute approximate surface area is 101 Å². The van der Waals surface area contributed by atoms with Gasteiger partial charge in [0.1, 0.15) is 5.82 Å². The molecule has 1 saturated carbocycles. The van der Waals surface area contributed by atoms with Gasteiger partial charge in [-0.25, -0.2) is 4.98 Å². The Bertz CT molecular complexity index is 392. The Kier molecular flexibility index (Phi) is 3.45. The molecule has 0 spiro atoms. The van der Waals surface area contributed by atoms with Crippen LogP contribution in [-0.4, -0.2) is 26.3 Å². The van der Waals surface area contributed by atoms with Crippen molar-refractivity contribution in [3.8, 4) is 0 Å². The molecule has 94 valence electrons. The van der Waals surface area contributed by atoms with Gasteiger partial charge < -0.3 is 5.11 Å². The third-order valence-electron chi connectivity index (χ3n) is 3.65. The van der Waals surface area contributed by atoms with Crippen molar-refractivity contribution in [2.45, 2.75) is 51.9 Å². The molecule has 2 N–H and O–H groups in total. The molecule has 1 aromatic rings. The van der Waals surface area contributed by atoms with Crippen LogP contribution in [0.5, 0.6) is 0 Å². The number of carboxylic acids is 1. The second kappa shape index (κ2) is 4.85. The van der Waals surface area contributed by atoms with Gasteiger partial charge >= 0.3 is 5.97 Å². The van der Waals surface area contributed by atoms with Crippen LogP contribution >= 0.6 is 0 Å². The Morgan fingerprint density at radius 1 is 1.35 bits per heavy atom. The average molecular weight is 237 g/mol. The molecule has 5 heteroatoms. The molecule has 1 aliphatic carbocycles. The van der Waals surface area contributed by atoms with Crippen LogP contribution in [0.1, 0.15) is 50.2 Å². The molecule has 0 aliphatic heterocycles. The van der Waals surface area contributed by atoms with Crippen molar-refractivity contribution in [2.75, 3.05) is 0 Å². The monoisotopic (exact) mass is 237 g/mol. The van der Waals surface area contributed by atoms with E-state index in [9.17, 15) is 9.90 Å². The standard InChI is InChI=1S/C12H19N3O2/c1-9-13-10(15-14-9)8-12(11(16)17)6-4-2-3-5-7-12/h2-8H2,1H3,(H,16,17)(H,13,14,15). The fourth-order valence-corrected chi connectivity index (χ4v) is 2.64. The highest BCUT2D eigenvalue weighted by atomic mass is 16.4. The number of nitrogens with one attached hydrogen (secondary N) is 1. The first-order valence-corrected chi connectivity index (χ1v) is 6.24. The van der Waals surface area contributed by atoms with Crippen molar-refractivity contribution in [3.63, 3.8) is 0 Å². The summed E-state index contributed by atoms with van der Waals surface area (Å²) in [7, 11) is 0. The number of aromatic nitrogens is 3. The summed E-state index contributed by atoms with van der Waals surface area (Å²) in [5, 5.41) is 16.4. The minimum absolute atomic E-state index is 0.451. The van der Waals surface area contributed by atoms with Gasteiger partial charge in [0, 0.05) is 6.42 Å². The number of rotatable bonds is 3. The van der Waals surface area contributed by atoms with Crippen LogP contribution in [-0.2, 0) is 11.2 Å². The Hall–Kier alpha value is -1.39. The van der Waals surface area contributed by atoms with Gasteiger partial charge in [0.15, 0.2) is 5.82 Å². The van der Waals surface area contributed by atoms with Crippen molar-refractivity contribution < 1.29 is 9.90 Å². The number of carbonyl (C=O) groups is 1. The quantitative estimate of drug-likeness (QED) is 0.789. The summed E-state index contributed by atoms with van der Waals surface area (Å²) in [6, 6.07) is 0. The van der Waals surface area contributed by atoms with Gasteiger partial charge in [-0.2, -0.15) is 5.10 Å². The van der Waals surface area contributed by atoms with Gasteiger partial charge in [-0.15, -0.1) is 0 Å². The zero-order chi connectivity index (χ0) is 12.3. The number of hydrogen-bond acceptors (Lipinski definition) is 3. The first kappa shape index (κ1) is 12.1. The van der Waals surface area contributed by atoms with E-state index in [0.29, 0.717) is 12.2 Å². The van der Waals surface area contributed by atoms with E-state index in [1.54, 1.807) is 0 Å². The maximum Gasteiger partial charge on any atom is 0.310 e. The molecular formula is C12H19N3O2. The van der Waals surface area contributed by atoms with E-state index in [2.05, 4.69) is 15.2 Å². The molecule has 0 amide bonds. The fourth-order valence-electron chi connectivity index (χ4n) is 2.64. The maximum atomic E-state index is 11.6. The van der Waals surface area contributed by atoms with E-state index >= 15 is 0 Å². The van der Waals surface area contributed by atoms with E-state index in [4.69, 9.17) is 0 Å². The highest BCUT2D eigenvalue weighted by Gasteiger charge is 2.39. The summed E-state index contributed by atoms with van der Waals surface area (Å²) in [6.07, 6.45) is 6.22. The maximum absolute atomic E-state index is 11.6. The number of nitrogens with zero attached hydrogens (tertiary/aromatic N) is 2.